The van der Waals surface area contributed by atoms with Crippen LogP contribution in [0.4, 0.5) is 4.39 Å². The summed E-state index contributed by atoms with van der Waals surface area (Å²) in [5.74, 6) is -1.88. The quantitative estimate of drug-likeness (QED) is 0.418. The number of ether oxygens (including phenoxy) is 1. The van der Waals surface area contributed by atoms with Gasteiger partial charge in [-0.05, 0) is 49.9 Å². The van der Waals surface area contributed by atoms with Gasteiger partial charge < -0.3 is 14.5 Å². The van der Waals surface area contributed by atoms with Crippen LogP contribution in [-0.4, -0.2) is 39.7 Å². The Morgan fingerprint density at radius 3 is 2.58 bits per heavy atom. The van der Waals surface area contributed by atoms with Crippen molar-refractivity contribution < 1.29 is 27.9 Å². The average Bonchev–Trinajstić information content (AvgIpc) is 3.05. The van der Waals surface area contributed by atoms with E-state index in [1.807, 2.05) is 0 Å². The zero-order valence-electron chi connectivity index (χ0n) is 14.0. The molecule has 0 saturated heterocycles. The average molecular weight is 381 g/mol. The molecular formula is C16H16FN3O5S. The molecule has 1 N–H and O–H groups in total. The predicted molar refractivity (Wildman–Crippen MR) is 88.8 cm³/mol. The third-order valence-corrected chi connectivity index (χ3v) is 4.17. The van der Waals surface area contributed by atoms with Crippen LogP contribution in [0, 0.1) is 5.82 Å². The number of nitrogens with zero attached hydrogens (tertiary/aromatic N) is 2. The molecule has 26 heavy (non-hydrogen) atoms. The number of hydrogen-bond donors (Lipinski definition) is 1. The fourth-order valence-electron chi connectivity index (χ4n) is 1.83. The largest absolute Gasteiger partial charge is 0.465 e. The van der Waals surface area contributed by atoms with Gasteiger partial charge in [-0.25, -0.2) is 4.39 Å². The summed E-state index contributed by atoms with van der Waals surface area (Å²) in [6.07, 6.45) is 0. The fourth-order valence-corrected chi connectivity index (χ4v) is 2.60. The lowest BCUT2D eigenvalue weighted by molar-refractivity contribution is -0.144. The molecule has 0 bridgehead atoms. The second kappa shape index (κ2) is 9.09. The molecule has 1 amide bonds. The van der Waals surface area contributed by atoms with Crippen molar-refractivity contribution in [3.05, 3.63) is 41.5 Å². The third-order valence-electron chi connectivity index (χ3n) is 3.04. The highest BCUT2D eigenvalue weighted by Crippen LogP contribution is 2.23. The number of halogens is 1. The highest BCUT2D eigenvalue weighted by molar-refractivity contribution is 8.01. The van der Waals surface area contributed by atoms with Crippen LogP contribution < -0.4 is 5.32 Å². The molecule has 8 nitrogen and oxygen atoms in total. The van der Waals surface area contributed by atoms with E-state index in [9.17, 15) is 18.8 Å². The lowest BCUT2D eigenvalue weighted by Crippen LogP contribution is -2.27. The maximum absolute atomic E-state index is 12.8. The lowest BCUT2D eigenvalue weighted by atomic mass is 10.2. The van der Waals surface area contributed by atoms with E-state index in [1.165, 1.54) is 31.2 Å². The summed E-state index contributed by atoms with van der Waals surface area (Å²) in [6, 6.07) is 5.04. The number of thioether (sulfide) groups is 1. The number of esters is 1. The van der Waals surface area contributed by atoms with E-state index in [1.54, 1.807) is 6.92 Å². The van der Waals surface area contributed by atoms with Crippen LogP contribution in [0.3, 0.4) is 0 Å². The smallest absolute Gasteiger partial charge is 0.327 e. The molecule has 0 unspecified atom stereocenters. The molecule has 10 heteroatoms. The van der Waals surface area contributed by atoms with Crippen molar-refractivity contribution >= 4 is 29.4 Å². The van der Waals surface area contributed by atoms with Crippen molar-refractivity contribution in [2.45, 2.75) is 30.9 Å². The predicted octanol–water partition coefficient (Wildman–Crippen LogP) is 1.75. The summed E-state index contributed by atoms with van der Waals surface area (Å²) in [7, 11) is 0. The second-order valence-corrected chi connectivity index (χ2v) is 6.07. The van der Waals surface area contributed by atoms with Gasteiger partial charge in [-0.1, -0.05) is 0 Å². The summed E-state index contributed by atoms with van der Waals surface area (Å²) >= 11 is 0.779. The number of ketones is 1. The number of nitrogens with one attached hydrogen (secondary N) is 1. The number of rotatable bonds is 8. The third kappa shape index (κ3) is 5.38. The number of carbonyl (C=O) groups excluding carboxylic acids is 3. The summed E-state index contributed by atoms with van der Waals surface area (Å²) in [4.78, 5) is 35.3. The first-order chi connectivity index (χ1) is 12.4. The second-order valence-electron chi connectivity index (χ2n) is 5.01. The minimum absolute atomic E-state index is 0.00397. The Morgan fingerprint density at radius 2 is 1.96 bits per heavy atom. The van der Waals surface area contributed by atoms with Crippen LogP contribution in [0.2, 0.25) is 0 Å². The van der Waals surface area contributed by atoms with Crippen LogP contribution in [0.1, 0.15) is 30.1 Å². The monoisotopic (exact) mass is 381 g/mol. The molecular weight excluding hydrogens is 365 g/mol. The molecule has 138 valence electrons. The minimum Gasteiger partial charge on any atom is -0.465 e. The van der Waals surface area contributed by atoms with E-state index in [4.69, 9.17) is 9.15 Å². The SMILES string of the molecule is CCOC(=O)[C@@H](Sc1nnc(CNC(=O)c2ccc(F)cc2)o1)C(C)=O. The van der Waals surface area contributed by atoms with Gasteiger partial charge in [0.05, 0.1) is 13.2 Å². The molecule has 2 rings (SSSR count). The molecule has 1 aromatic carbocycles. The Labute approximate surface area is 152 Å². The highest BCUT2D eigenvalue weighted by Gasteiger charge is 2.28. The van der Waals surface area contributed by atoms with Crippen molar-refractivity contribution in [1.29, 1.82) is 0 Å². The Hall–Kier alpha value is -2.75. The van der Waals surface area contributed by atoms with Gasteiger partial charge in [-0.2, -0.15) is 0 Å². The summed E-state index contributed by atoms with van der Waals surface area (Å²) in [5.41, 5.74) is 0.277. The van der Waals surface area contributed by atoms with E-state index in [0.717, 1.165) is 11.8 Å². The Balaban J connectivity index is 1.94. The number of amides is 1. The van der Waals surface area contributed by atoms with Gasteiger partial charge in [-0.15, -0.1) is 10.2 Å². The van der Waals surface area contributed by atoms with Gasteiger partial charge in [0.25, 0.3) is 11.1 Å². The Kier molecular flexibility index (Phi) is 6.84. The van der Waals surface area contributed by atoms with Crippen LogP contribution in [-0.2, 0) is 20.9 Å². The molecule has 0 aliphatic carbocycles. The van der Waals surface area contributed by atoms with Crippen molar-refractivity contribution in [1.82, 2.24) is 15.5 Å². The van der Waals surface area contributed by atoms with Crippen molar-refractivity contribution in [2.24, 2.45) is 0 Å². The summed E-state index contributed by atoms with van der Waals surface area (Å²) in [6.45, 7) is 2.98. The molecule has 1 aromatic heterocycles. The summed E-state index contributed by atoms with van der Waals surface area (Å²) in [5, 5.41) is 8.91. The topological polar surface area (TPSA) is 111 Å². The molecule has 0 fully saturated rings. The van der Waals surface area contributed by atoms with Crippen molar-refractivity contribution in [3.63, 3.8) is 0 Å². The molecule has 0 aliphatic rings. The lowest BCUT2D eigenvalue weighted by Gasteiger charge is -2.09. The van der Waals surface area contributed by atoms with Crippen LogP contribution >= 0.6 is 11.8 Å². The van der Waals surface area contributed by atoms with Crippen LogP contribution in [0.5, 0.6) is 0 Å². The van der Waals surface area contributed by atoms with Gasteiger partial charge in [0.2, 0.25) is 5.89 Å². The van der Waals surface area contributed by atoms with Crippen molar-refractivity contribution in [2.75, 3.05) is 6.61 Å². The number of hydrogen-bond acceptors (Lipinski definition) is 8. The van der Waals surface area contributed by atoms with Gasteiger partial charge in [-0.3, -0.25) is 14.4 Å². The van der Waals surface area contributed by atoms with E-state index in [0.29, 0.717) is 0 Å². The van der Waals surface area contributed by atoms with E-state index >= 15 is 0 Å². The van der Waals surface area contributed by atoms with E-state index in [2.05, 4.69) is 15.5 Å². The zero-order valence-corrected chi connectivity index (χ0v) is 14.8. The Bertz CT molecular complexity index is 793. The standard InChI is InChI=1S/C16H16FN3O5S/c1-3-24-15(23)13(9(2)21)26-16-20-19-12(25-16)8-18-14(22)10-4-6-11(17)7-5-10/h4-7,13H,3,8H2,1-2H3,(H,18,22)/t13-/m0/s1. The first kappa shape index (κ1) is 19.6. The van der Waals surface area contributed by atoms with Gasteiger partial charge in [0.15, 0.2) is 11.0 Å². The number of Topliss-reactive ketones (excluding diaryl/α,β-unsaturated/α-hetero) is 1. The van der Waals surface area contributed by atoms with Gasteiger partial charge in [0.1, 0.15) is 5.82 Å². The Morgan fingerprint density at radius 1 is 1.27 bits per heavy atom. The first-order valence-corrected chi connectivity index (χ1v) is 8.48. The fraction of sp³-hybridized carbons (Fsp3) is 0.312. The normalized spacial score (nSPS) is 11.7. The van der Waals surface area contributed by atoms with E-state index in [-0.39, 0.29) is 29.8 Å². The van der Waals surface area contributed by atoms with Gasteiger partial charge >= 0.3 is 5.97 Å². The first-order valence-electron chi connectivity index (χ1n) is 7.60. The number of aromatic nitrogens is 2. The molecule has 0 radical (unpaired) electrons. The number of carbonyl (C=O) groups is 3. The summed E-state index contributed by atoms with van der Waals surface area (Å²) < 4.78 is 23.0. The molecule has 0 saturated carbocycles. The molecule has 2 aromatic rings. The maximum atomic E-state index is 12.8. The van der Waals surface area contributed by atoms with Crippen LogP contribution in [0.15, 0.2) is 33.9 Å². The van der Waals surface area contributed by atoms with Crippen LogP contribution in [0.25, 0.3) is 0 Å². The molecule has 0 spiro atoms. The highest BCUT2D eigenvalue weighted by atomic mass is 32.2. The number of benzene rings is 1. The van der Waals surface area contributed by atoms with Crippen molar-refractivity contribution in [3.8, 4) is 0 Å². The van der Waals surface area contributed by atoms with E-state index < -0.39 is 28.7 Å². The molecule has 0 aliphatic heterocycles. The molecule has 1 heterocycles. The molecule has 1 atom stereocenters. The zero-order chi connectivity index (χ0) is 19.1. The maximum Gasteiger partial charge on any atom is 0.327 e. The van der Waals surface area contributed by atoms with Gasteiger partial charge in [0, 0.05) is 5.56 Å². The minimum atomic E-state index is -1.10.